The van der Waals surface area contributed by atoms with Gasteiger partial charge < -0.3 is 9.94 Å². The summed E-state index contributed by atoms with van der Waals surface area (Å²) >= 11 is 0. The molecule has 0 radical (unpaired) electrons. The van der Waals surface area contributed by atoms with Gasteiger partial charge in [-0.15, -0.1) is 0 Å². The smallest absolute Gasteiger partial charge is 0.0687 e. The van der Waals surface area contributed by atoms with E-state index in [-0.39, 0.29) is 0 Å². The van der Waals surface area contributed by atoms with Crippen LogP contribution in [0.25, 0.3) is 0 Å². The molecule has 3 nitrogen and oxygen atoms in total. The van der Waals surface area contributed by atoms with Crippen molar-refractivity contribution in [1.82, 2.24) is 0 Å². The zero-order chi connectivity index (χ0) is 9.23. The third-order valence-corrected chi connectivity index (χ3v) is 1.53. The minimum Gasteiger partial charge on any atom is -0.411 e. The molecule has 0 saturated heterocycles. The molecule has 1 N–H and O–H groups in total. The van der Waals surface area contributed by atoms with Gasteiger partial charge in [0.05, 0.1) is 6.21 Å². The number of methoxy groups -OCH3 is 1. The van der Waals surface area contributed by atoms with Crippen LogP contribution in [-0.4, -0.2) is 25.1 Å². The van der Waals surface area contributed by atoms with Crippen LogP contribution in [0.15, 0.2) is 16.8 Å². The largest absolute Gasteiger partial charge is 0.411 e. The average Bonchev–Trinajstić information content (AvgIpc) is 2.05. The maximum Gasteiger partial charge on any atom is 0.0687 e. The molecule has 0 heterocycles. The molecule has 0 fully saturated rings. The standard InChI is InChI=1S/C9H17NO2/c1-9(8-10-11)6-4-3-5-7-12-2/h6,8,11H,3-5,7H2,1-2H3. The van der Waals surface area contributed by atoms with Crippen LogP contribution in [0.2, 0.25) is 0 Å². The van der Waals surface area contributed by atoms with Crippen LogP contribution in [-0.2, 0) is 4.74 Å². The van der Waals surface area contributed by atoms with E-state index in [9.17, 15) is 0 Å². The molecule has 0 atom stereocenters. The summed E-state index contributed by atoms with van der Waals surface area (Å²) in [5.74, 6) is 0. The first-order valence-corrected chi connectivity index (χ1v) is 4.14. The summed E-state index contributed by atoms with van der Waals surface area (Å²) in [6.45, 7) is 2.73. The second kappa shape index (κ2) is 8.27. The van der Waals surface area contributed by atoms with Crippen molar-refractivity contribution in [2.45, 2.75) is 26.2 Å². The molecule has 0 saturated carbocycles. The minimum absolute atomic E-state index is 0.820. The Morgan fingerprint density at radius 1 is 1.50 bits per heavy atom. The van der Waals surface area contributed by atoms with Crippen LogP contribution in [0.1, 0.15) is 26.2 Å². The topological polar surface area (TPSA) is 41.8 Å². The van der Waals surface area contributed by atoms with E-state index in [0.29, 0.717) is 0 Å². The number of rotatable bonds is 6. The normalized spacial score (nSPS) is 12.7. The molecular formula is C9H17NO2. The molecule has 0 aliphatic heterocycles. The van der Waals surface area contributed by atoms with Crippen LogP contribution < -0.4 is 0 Å². The van der Waals surface area contributed by atoms with Crippen molar-refractivity contribution in [3.05, 3.63) is 11.6 Å². The second-order valence-corrected chi connectivity index (χ2v) is 2.68. The minimum atomic E-state index is 0.820. The number of nitrogens with zero attached hydrogens (tertiary/aromatic N) is 1. The van der Waals surface area contributed by atoms with Crippen molar-refractivity contribution < 1.29 is 9.94 Å². The Balaban J connectivity index is 3.33. The Bertz CT molecular complexity index is 153. The predicted molar refractivity (Wildman–Crippen MR) is 49.8 cm³/mol. The molecule has 0 unspecified atom stereocenters. The fourth-order valence-electron chi connectivity index (χ4n) is 0.864. The van der Waals surface area contributed by atoms with Crippen molar-refractivity contribution in [2.75, 3.05) is 13.7 Å². The molecule has 0 aromatic rings. The fraction of sp³-hybridized carbons (Fsp3) is 0.667. The molecule has 70 valence electrons. The van der Waals surface area contributed by atoms with Gasteiger partial charge in [0.25, 0.3) is 0 Å². The van der Waals surface area contributed by atoms with Gasteiger partial charge in [0, 0.05) is 13.7 Å². The van der Waals surface area contributed by atoms with Gasteiger partial charge in [0.2, 0.25) is 0 Å². The van der Waals surface area contributed by atoms with Crippen LogP contribution >= 0.6 is 0 Å². The summed E-state index contributed by atoms with van der Waals surface area (Å²) in [4.78, 5) is 0. The van der Waals surface area contributed by atoms with Crippen molar-refractivity contribution in [1.29, 1.82) is 0 Å². The summed E-state index contributed by atoms with van der Waals surface area (Å²) in [6, 6.07) is 0. The molecule has 0 amide bonds. The molecule has 0 aliphatic rings. The Labute approximate surface area is 73.7 Å². The number of allylic oxidation sites excluding steroid dienone is 2. The van der Waals surface area contributed by atoms with Crippen LogP contribution in [0.4, 0.5) is 0 Å². The van der Waals surface area contributed by atoms with Crippen LogP contribution in [0, 0.1) is 0 Å². The number of oxime groups is 1. The predicted octanol–water partition coefficient (Wildman–Crippen LogP) is 2.21. The highest BCUT2D eigenvalue weighted by molar-refractivity contribution is 5.76. The molecule has 12 heavy (non-hydrogen) atoms. The van der Waals surface area contributed by atoms with Crippen molar-refractivity contribution in [3.63, 3.8) is 0 Å². The Hall–Kier alpha value is -0.830. The highest BCUT2D eigenvalue weighted by Crippen LogP contribution is 1.99. The highest BCUT2D eigenvalue weighted by Gasteiger charge is 1.86. The Morgan fingerprint density at radius 2 is 2.25 bits per heavy atom. The lowest BCUT2D eigenvalue weighted by atomic mass is 10.2. The number of hydrogen-bond donors (Lipinski definition) is 1. The quantitative estimate of drug-likeness (QED) is 0.288. The first-order chi connectivity index (χ1) is 5.81. The van der Waals surface area contributed by atoms with Gasteiger partial charge in [0.1, 0.15) is 0 Å². The van der Waals surface area contributed by atoms with Gasteiger partial charge in [-0.3, -0.25) is 0 Å². The molecule has 0 aliphatic carbocycles. The molecular weight excluding hydrogens is 154 g/mol. The molecule has 0 bridgehead atoms. The lowest BCUT2D eigenvalue weighted by Gasteiger charge is -1.96. The van der Waals surface area contributed by atoms with E-state index in [1.165, 1.54) is 6.21 Å². The third kappa shape index (κ3) is 7.28. The van der Waals surface area contributed by atoms with E-state index in [2.05, 4.69) is 11.2 Å². The van der Waals surface area contributed by atoms with Gasteiger partial charge in [-0.1, -0.05) is 11.2 Å². The van der Waals surface area contributed by atoms with Crippen LogP contribution in [0.5, 0.6) is 0 Å². The Kier molecular flexibility index (Phi) is 7.70. The number of ether oxygens (including phenoxy) is 1. The zero-order valence-electron chi connectivity index (χ0n) is 7.79. The summed E-state index contributed by atoms with van der Waals surface area (Å²) in [6.07, 6.45) is 6.70. The van der Waals surface area contributed by atoms with E-state index < -0.39 is 0 Å². The van der Waals surface area contributed by atoms with Crippen molar-refractivity contribution in [2.24, 2.45) is 5.16 Å². The SMILES string of the molecule is COCCCCC=C(C)C=NO. The van der Waals surface area contributed by atoms with Gasteiger partial charge in [-0.05, 0) is 31.8 Å². The molecule has 0 spiro atoms. The second-order valence-electron chi connectivity index (χ2n) is 2.68. The van der Waals surface area contributed by atoms with Crippen molar-refractivity contribution >= 4 is 6.21 Å². The fourth-order valence-corrected chi connectivity index (χ4v) is 0.864. The molecule has 3 heteroatoms. The van der Waals surface area contributed by atoms with Gasteiger partial charge in [-0.2, -0.15) is 0 Å². The van der Waals surface area contributed by atoms with E-state index in [1.54, 1.807) is 7.11 Å². The molecule has 0 rings (SSSR count). The van der Waals surface area contributed by atoms with Crippen LogP contribution in [0.3, 0.4) is 0 Å². The van der Waals surface area contributed by atoms with E-state index >= 15 is 0 Å². The lowest BCUT2D eigenvalue weighted by Crippen LogP contribution is -1.87. The highest BCUT2D eigenvalue weighted by atomic mass is 16.5. The number of hydrogen-bond acceptors (Lipinski definition) is 3. The van der Waals surface area contributed by atoms with E-state index in [1.807, 2.05) is 6.92 Å². The van der Waals surface area contributed by atoms with Gasteiger partial charge >= 0.3 is 0 Å². The zero-order valence-corrected chi connectivity index (χ0v) is 7.79. The van der Waals surface area contributed by atoms with E-state index in [0.717, 1.165) is 31.4 Å². The molecule has 0 aromatic carbocycles. The summed E-state index contributed by atoms with van der Waals surface area (Å²) in [5, 5.41) is 11.1. The summed E-state index contributed by atoms with van der Waals surface area (Å²) in [7, 11) is 1.71. The van der Waals surface area contributed by atoms with Gasteiger partial charge in [0.15, 0.2) is 0 Å². The first kappa shape index (κ1) is 11.2. The average molecular weight is 171 g/mol. The maximum absolute atomic E-state index is 8.19. The van der Waals surface area contributed by atoms with Crippen molar-refractivity contribution in [3.8, 4) is 0 Å². The first-order valence-electron chi connectivity index (χ1n) is 4.14. The lowest BCUT2D eigenvalue weighted by molar-refractivity contribution is 0.193. The molecule has 0 aromatic heterocycles. The van der Waals surface area contributed by atoms with E-state index in [4.69, 9.17) is 9.94 Å². The third-order valence-electron chi connectivity index (χ3n) is 1.53. The van der Waals surface area contributed by atoms with Gasteiger partial charge in [-0.25, -0.2) is 0 Å². The summed E-state index contributed by atoms with van der Waals surface area (Å²) < 4.78 is 4.91. The Morgan fingerprint density at radius 3 is 2.83 bits per heavy atom. The summed E-state index contributed by atoms with van der Waals surface area (Å²) in [5.41, 5.74) is 0.995. The maximum atomic E-state index is 8.19. The number of unbranched alkanes of at least 4 members (excludes halogenated alkanes) is 2. The monoisotopic (exact) mass is 171 g/mol.